The Labute approximate surface area is 34.1 Å². The van der Waals surface area contributed by atoms with Crippen molar-refractivity contribution in [3.8, 4) is 0 Å². The predicted molar refractivity (Wildman–Crippen MR) is 18.3 cm³/mol. The maximum Gasteiger partial charge on any atom is -0.0198 e. The van der Waals surface area contributed by atoms with E-state index >= 15 is 0 Å². The molecule has 0 unspecified atom stereocenters. The van der Waals surface area contributed by atoms with E-state index < -0.39 is 0 Å². The summed E-state index contributed by atoms with van der Waals surface area (Å²) < 4.78 is 4.23. The van der Waals surface area contributed by atoms with Crippen LogP contribution in [0.1, 0.15) is 0 Å². The third-order valence-electron chi connectivity index (χ3n) is 0.425. The monoisotopic (exact) mass is 89.0 g/mol. The number of hydrogen-bond donors (Lipinski definition) is 1. The molecule has 0 aromatic carbocycles. The molecule has 0 saturated heterocycles. The number of rotatable bonds is 1. The lowest BCUT2D eigenvalue weighted by Crippen LogP contribution is -2.33. The number of hydrogen-bond acceptors (Lipinski definition) is 3. The van der Waals surface area contributed by atoms with Crippen LogP contribution in [0.3, 0.4) is 0 Å². The molecule has 1 heterocycles. The molecule has 0 aliphatic rings. The zero-order chi connectivity index (χ0) is 4.57. The number of nitrogens with two attached hydrogens (primary N) is 1. The van der Waals surface area contributed by atoms with Crippen LogP contribution >= 0.6 is 0 Å². The number of hydrazine groups is 1. The van der Waals surface area contributed by atoms with Gasteiger partial charge in [0.25, 0.3) is 0 Å². The zero-order valence-corrected chi connectivity index (χ0v) is 3.33. The Bertz CT molecular complexity index is 94.5. The van der Waals surface area contributed by atoms with Gasteiger partial charge in [0, 0.05) is 0 Å². The molecule has 5 heteroatoms. The van der Waals surface area contributed by atoms with E-state index in [4.69, 9.17) is 5.84 Å². The molecule has 0 saturated carbocycles. The van der Waals surface area contributed by atoms with Crippen LogP contribution in [-0.4, -0.2) is 12.0 Å². The van der Waals surface area contributed by atoms with E-state index in [1.807, 2.05) is 0 Å². The maximum absolute atomic E-state index is 5.04. The maximum atomic E-state index is 5.04. The van der Waals surface area contributed by atoms with Gasteiger partial charge < -0.3 is 9.75 Å². The fourth-order valence-corrected chi connectivity index (χ4v) is 0.132. The average molecular weight is 89.1 g/mol. The first-order chi connectivity index (χ1) is 2.80. The van der Waals surface area contributed by atoms with Gasteiger partial charge in [0.15, 0.2) is 0 Å². The molecule has 0 fully saturated rings. The van der Waals surface area contributed by atoms with E-state index in [1.54, 1.807) is 7.05 Å². The molecule has 6 heavy (non-hydrogen) atoms. The smallest absolute Gasteiger partial charge is 0.0198 e. The molecule has 1 rings (SSSR count). The van der Waals surface area contributed by atoms with Gasteiger partial charge in [-0.2, -0.15) is 4.96 Å². The van der Waals surface area contributed by atoms with Crippen LogP contribution in [0.5, 0.6) is 0 Å². The van der Waals surface area contributed by atoms with E-state index in [9.17, 15) is 0 Å². The SMILES string of the molecule is CN(N)n1[n-]o1. The Morgan fingerprint density at radius 3 is 2.50 bits per heavy atom. The summed E-state index contributed by atoms with van der Waals surface area (Å²) in [5.74, 6) is 5.04. The first-order valence-corrected chi connectivity index (χ1v) is 1.47. The van der Waals surface area contributed by atoms with E-state index in [0.717, 1.165) is 4.96 Å². The summed E-state index contributed by atoms with van der Waals surface area (Å²) in [4.78, 5) is 1.15. The first kappa shape index (κ1) is 3.35. The summed E-state index contributed by atoms with van der Waals surface area (Å²) in [6.45, 7) is 0. The summed E-state index contributed by atoms with van der Waals surface area (Å²) in [5, 5.41) is 4.46. The average Bonchev–Trinajstić information content (AvgIpc) is 2.06. The lowest BCUT2D eigenvalue weighted by atomic mass is 11.4. The quantitative estimate of drug-likeness (QED) is 0.335. The molecule has 5 nitrogen and oxygen atoms in total. The van der Waals surface area contributed by atoms with Crippen molar-refractivity contribution in [3.63, 3.8) is 0 Å². The van der Waals surface area contributed by atoms with Crippen molar-refractivity contribution in [1.82, 2.24) is 10.2 Å². The fourth-order valence-electron chi connectivity index (χ4n) is 0.132. The van der Waals surface area contributed by atoms with Gasteiger partial charge in [-0.1, -0.05) is 0 Å². The van der Waals surface area contributed by atoms with Gasteiger partial charge in [0.05, 0.1) is 0 Å². The largest absolute Gasteiger partial charge is 0.374 e. The van der Waals surface area contributed by atoms with Gasteiger partial charge in [-0.05, 0) is 7.05 Å². The van der Waals surface area contributed by atoms with E-state index in [0.29, 0.717) is 0 Å². The molecule has 0 atom stereocenters. The second kappa shape index (κ2) is 0.810. The van der Waals surface area contributed by atoms with Crippen LogP contribution in [0.4, 0.5) is 0 Å². The van der Waals surface area contributed by atoms with E-state index in [2.05, 4.69) is 9.90 Å². The Morgan fingerprint density at radius 1 is 2.00 bits per heavy atom. The highest BCUT2D eigenvalue weighted by Gasteiger charge is 1.80. The molecule has 0 bridgehead atoms. The van der Waals surface area contributed by atoms with Crippen LogP contribution in [0, 0.1) is 0 Å². The topological polar surface area (TPSA) is 61.4 Å². The molecular formula is CH5N4O-. The van der Waals surface area contributed by atoms with Crippen molar-refractivity contribution in [2.24, 2.45) is 5.84 Å². The van der Waals surface area contributed by atoms with Crippen LogP contribution in [0.25, 0.3) is 0 Å². The highest BCUT2D eigenvalue weighted by Crippen LogP contribution is 1.73. The predicted octanol–water partition coefficient (Wildman–Crippen LogP) is -1.52. The molecule has 0 amide bonds. The molecule has 0 aliphatic heterocycles. The minimum atomic E-state index is 1.15. The molecule has 36 valence electrons. The lowest BCUT2D eigenvalue weighted by molar-refractivity contribution is 0.425. The normalized spacial score (nSPS) is 9.67. The summed E-state index contributed by atoms with van der Waals surface area (Å²) >= 11 is 0. The van der Waals surface area contributed by atoms with E-state index in [1.165, 1.54) is 5.12 Å². The van der Waals surface area contributed by atoms with Crippen LogP contribution in [-0.2, 0) is 0 Å². The van der Waals surface area contributed by atoms with Crippen molar-refractivity contribution >= 4 is 0 Å². The molecule has 0 spiro atoms. The van der Waals surface area contributed by atoms with Gasteiger partial charge in [0.2, 0.25) is 0 Å². The number of nitrogens with zero attached hydrogens (tertiary/aromatic N) is 3. The minimum absolute atomic E-state index is 1.15. The van der Waals surface area contributed by atoms with Crippen molar-refractivity contribution in [3.05, 3.63) is 0 Å². The van der Waals surface area contributed by atoms with Crippen LogP contribution in [0.15, 0.2) is 4.63 Å². The first-order valence-electron chi connectivity index (χ1n) is 1.47. The molecule has 2 N–H and O–H groups in total. The highest BCUT2D eigenvalue weighted by atomic mass is 16.8. The molecule has 0 aliphatic carbocycles. The van der Waals surface area contributed by atoms with E-state index in [-0.39, 0.29) is 0 Å². The standard InChI is InChI=1S/CH5N4O/c1-4(2)5-3-6-5/h2H2,1H3/q-1. The van der Waals surface area contributed by atoms with Gasteiger partial charge in [-0.25, -0.2) is 0 Å². The third-order valence-corrected chi connectivity index (χ3v) is 0.425. The summed E-state index contributed by atoms with van der Waals surface area (Å²) in [6, 6.07) is 0. The van der Waals surface area contributed by atoms with Gasteiger partial charge in [-0.3, -0.25) is 5.84 Å². The second-order valence-electron chi connectivity index (χ2n) is 0.990. The van der Waals surface area contributed by atoms with Crippen molar-refractivity contribution in [2.75, 3.05) is 12.2 Å². The van der Waals surface area contributed by atoms with Crippen molar-refractivity contribution in [1.29, 1.82) is 0 Å². The Hall–Kier alpha value is -0.840. The van der Waals surface area contributed by atoms with Crippen LogP contribution in [0.2, 0.25) is 0 Å². The zero-order valence-electron chi connectivity index (χ0n) is 3.33. The van der Waals surface area contributed by atoms with Crippen molar-refractivity contribution < 1.29 is 4.63 Å². The summed E-state index contributed by atoms with van der Waals surface area (Å²) in [7, 11) is 1.62. The highest BCUT2D eigenvalue weighted by molar-refractivity contribution is 4.48. The van der Waals surface area contributed by atoms with Crippen molar-refractivity contribution in [2.45, 2.75) is 0 Å². The molecular weight excluding hydrogens is 84.0 g/mol. The third kappa shape index (κ3) is 0.389. The Morgan fingerprint density at radius 2 is 2.50 bits per heavy atom. The number of aromatic nitrogens is 2. The van der Waals surface area contributed by atoms with Crippen LogP contribution < -0.4 is 16.2 Å². The Kier molecular flexibility index (Phi) is 0.453. The van der Waals surface area contributed by atoms with Gasteiger partial charge >= 0.3 is 0 Å². The second-order valence-corrected chi connectivity index (χ2v) is 0.990. The molecule has 0 radical (unpaired) electrons. The molecule has 1 aromatic heterocycles. The summed E-state index contributed by atoms with van der Waals surface area (Å²) in [6.07, 6.45) is 0. The van der Waals surface area contributed by atoms with Gasteiger partial charge in [-0.15, -0.1) is 5.27 Å². The lowest BCUT2D eigenvalue weighted by Gasteiger charge is -2.09. The fraction of sp³-hybridized carbons (Fsp3) is 1.00. The minimum Gasteiger partial charge on any atom is -0.374 e. The Balaban J connectivity index is 2.40. The summed E-state index contributed by atoms with van der Waals surface area (Å²) in [5.41, 5.74) is 0. The van der Waals surface area contributed by atoms with Gasteiger partial charge in [0.1, 0.15) is 0 Å². The molecule has 1 aromatic rings.